The van der Waals surface area contributed by atoms with E-state index < -0.39 is 0 Å². The molecule has 0 atom stereocenters. The summed E-state index contributed by atoms with van der Waals surface area (Å²) in [5.74, 6) is -0.0913. The molecule has 0 unspecified atom stereocenters. The first-order valence-corrected chi connectivity index (χ1v) is 5.45. The van der Waals surface area contributed by atoms with Crippen LogP contribution in [0.25, 0.3) is 0 Å². The van der Waals surface area contributed by atoms with E-state index in [1.807, 2.05) is 0 Å². The molecule has 0 bridgehead atoms. The van der Waals surface area contributed by atoms with Gasteiger partial charge in [0, 0.05) is 17.6 Å². The van der Waals surface area contributed by atoms with Gasteiger partial charge in [0.05, 0.1) is 0 Å². The first kappa shape index (κ1) is 11.0. The molecule has 4 nitrogen and oxygen atoms in total. The standard InChI is InChI=1S/C12H16N2O2/c13-12(5-2-6-12)8-14-11(16)9-3-1-4-10(15)7-9/h1,3-4,7,15H,2,5-6,8,13H2,(H,14,16). The van der Waals surface area contributed by atoms with Gasteiger partial charge in [-0.2, -0.15) is 0 Å². The molecule has 0 heterocycles. The molecule has 0 saturated heterocycles. The predicted molar refractivity (Wildman–Crippen MR) is 61.2 cm³/mol. The lowest BCUT2D eigenvalue weighted by molar-refractivity contribution is 0.0929. The van der Waals surface area contributed by atoms with Crippen LogP contribution in [0.2, 0.25) is 0 Å². The number of hydrogen-bond acceptors (Lipinski definition) is 3. The molecule has 1 saturated carbocycles. The van der Waals surface area contributed by atoms with Crippen LogP contribution in [0, 0.1) is 0 Å². The summed E-state index contributed by atoms with van der Waals surface area (Å²) in [6.45, 7) is 0.501. The van der Waals surface area contributed by atoms with E-state index in [0.717, 1.165) is 19.3 Å². The van der Waals surface area contributed by atoms with E-state index in [0.29, 0.717) is 12.1 Å². The third-order valence-electron chi connectivity index (χ3n) is 3.06. The predicted octanol–water partition coefficient (Wildman–Crippen LogP) is 1.00. The number of nitrogens with two attached hydrogens (primary N) is 1. The maximum absolute atomic E-state index is 11.7. The highest BCUT2D eigenvalue weighted by atomic mass is 16.3. The zero-order chi connectivity index (χ0) is 11.6. The molecule has 0 spiro atoms. The Labute approximate surface area is 94.5 Å². The Morgan fingerprint density at radius 3 is 2.81 bits per heavy atom. The quantitative estimate of drug-likeness (QED) is 0.711. The van der Waals surface area contributed by atoms with Crippen molar-refractivity contribution in [1.29, 1.82) is 0 Å². The fourth-order valence-corrected chi connectivity index (χ4v) is 1.81. The SMILES string of the molecule is NC1(CNC(=O)c2cccc(O)c2)CCC1. The number of phenolic OH excluding ortho intramolecular Hbond substituents is 1. The molecule has 1 aliphatic carbocycles. The monoisotopic (exact) mass is 220 g/mol. The molecule has 1 aromatic carbocycles. The molecule has 86 valence electrons. The van der Waals surface area contributed by atoms with Crippen molar-refractivity contribution >= 4 is 5.91 Å². The van der Waals surface area contributed by atoms with Crippen LogP contribution in [0.4, 0.5) is 0 Å². The average molecular weight is 220 g/mol. The van der Waals surface area contributed by atoms with Crippen LogP contribution in [0.5, 0.6) is 5.75 Å². The van der Waals surface area contributed by atoms with Crippen molar-refractivity contribution in [3.8, 4) is 5.75 Å². The minimum Gasteiger partial charge on any atom is -0.508 e. The second-order valence-corrected chi connectivity index (χ2v) is 4.45. The first-order valence-electron chi connectivity index (χ1n) is 5.45. The molecular formula is C12H16N2O2. The molecule has 1 fully saturated rings. The van der Waals surface area contributed by atoms with Crippen LogP contribution in [-0.2, 0) is 0 Å². The van der Waals surface area contributed by atoms with Crippen molar-refractivity contribution < 1.29 is 9.90 Å². The Balaban J connectivity index is 1.93. The van der Waals surface area contributed by atoms with Crippen molar-refractivity contribution in [2.75, 3.05) is 6.54 Å². The molecule has 1 amide bonds. The van der Waals surface area contributed by atoms with Crippen LogP contribution in [0.1, 0.15) is 29.6 Å². The summed E-state index contributed by atoms with van der Waals surface area (Å²) in [6, 6.07) is 6.29. The van der Waals surface area contributed by atoms with Gasteiger partial charge in [-0.3, -0.25) is 4.79 Å². The molecule has 0 aromatic heterocycles. The Kier molecular flexibility index (Phi) is 2.83. The maximum atomic E-state index is 11.7. The zero-order valence-corrected chi connectivity index (χ0v) is 9.07. The molecule has 16 heavy (non-hydrogen) atoms. The lowest BCUT2D eigenvalue weighted by Crippen LogP contribution is -2.54. The number of aromatic hydroxyl groups is 1. The van der Waals surface area contributed by atoms with Gasteiger partial charge in [-0.25, -0.2) is 0 Å². The average Bonchev–Trinajstić information content (AvgIpc) is 2.23. The summed E-state index contributed by atoms with van der Waals surface area (Å²) in [4.78, 5) is 11.7. The summed E-state index contributed by atoms with van der Waals surface area (Å²) in [5.41, 5.74) is 6.24. The number of carbonyl (C=O) groups excluding carboxylic acids is 1. The Morgan fingerprint density at radius 2 is 2.25 bits per heavy atom. The van der Waals surface area contributed by atoms with Gasteiger partial charge in [0.1, 0.15) is 5.75 Å². The summed E-state index contributed by atoms with van der Waals surface area (Å²) < 4.78 is 0. The van der Waals surface area contributed by atoms with Crippen molar-refractivity contribution in [2.45, 2.75) is 24.8 Å². The van der Waals surface area contributed by atoms with Gasteiger partial charge in [-0.05, 0) is 37.5 Å². The van der Waals surface area contributed by atoms with E-state index in [1.165, 1.54) is 12.1 Å². The van der Waals surface area contributed by atoms with Crippen molar-refractivity contribution in [1.82, 2.24) is 5.32 Å². The van der Waals surface area contributed by atoms with E-state index in [1.54, 1.807) is 12.1 Å². The minimum atomic E-state index is -0.216. The normalized spacial score (nSPS) is 17.6. The second-order valence-electron chi connectivity index (χ2n) is 4.45. The van der Waals surface area contributed by atoms with Gasteiger partial charge in [0.25, 0.3) is 5.91 Å². The molecule has 4 N–H and O–H groups in total. The van der Waals surface area contributed by atoms with Crippen molar-refractivity contribution in [2.24, 2.45) is 5.73 Å². The number of hydrogen-bond donors (Lipinski definition) is 3. The van der Waals surface area contributed by atoms with Crippen LogP contribution in [-0.4, -0.2) is 23.1 Å². The fraction of sp³-hybridized carbons (Fsp3) is 0.417. The van der Waals surface area contributed by atoms with E-state index in [4.69, 9.17) is 5.73 Å². The third kappa shape index (κ3) is 2.33. The molecule has 0 radical (unpaired) electrons. The van der Waals surface area contributed by atoms with Crippen LogP contribution >= 0.6 is 0 Å². The van der Waals surface area contributed by atoms with Gasteiger partial charge < -0.3 is 16.2 Å². The van der Waals surface area contributed by atoms with Crippen molar-refractivity contribution in [3.05, 3.63) is 29.8 Å². The van der Waals surface area contributed by atoms with E-state index in [-0.39, 0.29) is 17.2 Å². The molecule has 1 aliphatic rings. The highest BCUT2D eigenvalue weighted by Crippen LogP contribution is 2.28. The Morgan fingerprint density at radius 1 is 1.50 bits per heavy atom. The zero-order valence-electron chi connectivity index (χ0n) is 9.07. The number of carbonyl (C=O) groups is 1. The first-order chi connectivity index (χ1) is 7.59. The van der Waals surface area contributed by atoms with E-state index >= 15 is 0 Å². The summed E-state index contributed by atoms with van der Waals surface area (Å²) in [6.07, 6.45) is 3.07. The largest absolute Gasteiger partial charge is 0.508 e. The smallest absolute Gasteiger partial charge is 0.251 e. The molecule has 2 rings (SSSR count). The lowest BCUT2D eigenvalue weighted by Gasteiger charge is -2.38. The van der Waals surface area contributed by atoms with Gasteiger partial charge >= 0.3 is 0 Å². The molecular weight excluding hydrogens is 204 g/mol. The summed E-state index contributed by atoms with van der Waals surface area (Å²) >= 11 is 0. The second kappa shape index (κ2) is 4.14. The van der Waals surface area contributed by atoms with Crippen LogP contribution in [0.15, 0.2) is 24.3 Å². The summed E-state index contributed by atoms with van der Waals surface area (Å²) in [7, 11) is 0. The number of amides is 1. The number of nitrogens with one attached hydrogen (secondary N) is 1. The molecule has 4 heteroatoms. The van der Waals surface area contributed by atoms with Crippen molar-refractivity contribution in [3.63, 3.8) is 0 Å². The topological polar surface area (TPSA) is 75.3 Å². The van der Waals surface area contributed by atoms with Gasteiger partial charge in [-0.1, -0.05) is 6.07 Å². The Bertz CT molecular complexity index is 400. The Hall–Kier alpha value is -1.55. The lowest BCUT2D eigenvalue weighted by atomic mass is 9.78. The maximum Gasteiger partial charge on any atom is 0.251 e. The van der Waals surface area contributed by atoms with Gasteiger partial charge in [-0.15, -0.1) is 0 Å². The number of benzene rings is 1. The van der Waals surface area contributed by atoms with Crippen LogP contribution < -0.4 is 11.1 Å². The minimum absolute atomic E-state index is 0.0961. The van der Waals surface area contributed by atoms with Gasteiger partial charge in [0.15, 0.2) is 0 Å². The summed E-state index contributed by atoms with van der Waals surface area (Å²) in [5, 5.41) is 12.0. The van der Waals surface area contributed by atoms with E-state index in [9.17, 15) is 9.90 Å². The number of rotatable bonds is 3. The van der Waals surface area contributed by atoms with E-state index in [2.05, 4.69) is 5.32 Å². The third-order valence-corrected chi connectivity index (χ3v) is 3.06. The molecule has 1 aromatic rings. The van der Waals surface area contributed by atoms with Crippen LogP contribution in [0.3, 0.4) is 0 Å². The fourth-order valence-electron chi connectivity index (χ4n) is 1.81. The highest BCUT2D eigenvalue weighted by molar-refractivity contribution is 5.94. The highest BCUT2D eigenvalue weighted by Gasteiger charge is 2.32. The number of phenols is 1. The van der Waals surface area contributed by atoms with Gasteiger partial charge in [0.2, 0.25) is 0 Å². The molecule has 0 aliphatic heterocycles.